The highest BCUT2D eigenvalue weighted by Gasteiger charge is 2.21. The van der Waals surface area contributed by atoms with Crippen LogP contribution in [0, 0.1) is 11.8 Å². The normalized spacial score (nSPS) is 14.1. The summed E-state index contributed by atoms with van der Waals surface area (Å²) in [6.07, 6.45) is 4.51. The van der Waals surface area contributed by atoms with Gasteiger partial charge in [-0.2, -0.15) is 0 Å². The van der Waals surface area contributed by atoms with Gasteiger partial charge < -0.3 is 16.4 Å². The summed E-state index contributed by atoms with van der Waals surface area (Å²) in [5.74, 6) is 1.13. The molecule has 0 bridgehead atoms. The van der Waals surface area contributed by atoms with Gasteiger partial charge in [-0.05, 0) is 65.1 Å². The molecule has 4 N–H and O–H groups in total. The molecule has 0 saturated carbocycles. The minimum atomic E-state index is 0.0386. The predicted molar refractivity (Wildman–Crippen MR) is 135 cm³/mol. The van der Waals surface area contributed by atoms with Crippen molar-refractivity contribution in [2.75, 3.05) is 53.4 Å². The highest BCUT2D eigenvalue weighted by atomic mass is 15.3. The molecule has 0 saturated heterocycles. The molecule has 5 heteroatoms. The molecule has 2 unspecified atom stereocenters. The summed E-state index contributed by atoms with van der Waals surface area (Å²) in [7, 11) is 4.00. The molecule has 0 radical (unpaired) electrons. The van der Waals surface area contributed by atoms with Crippen LogP contribution in [0.3, 0.4) is 0 Å². The monoisotopic (exact) mass is 423 g/mol. The van der Waals surface area contributed by atoms with Crippen LogP contribution in [0.4, 0.5) is 0 Å². The SMILES string of the molecule is C=C(CCCN(CCNC)C(C)CN(CCCC(=C)C(C)C)C(N)CNC)C(C)C. The van der Waals surface area contributed by atoms with Gasteiger partial charge in [-0.1, -0.05) is 52.0 Å². The summed E-state index contributed by atoms with van der Waals surface area (Å²) in [4.78, 5) is 5.06. The lowest BCUT2D eigenvalue weighted by Crippen LogP contribution is -2.53. The zero-order chi connectivity index (χ0) is 23.1. The first-order chi connectivity index (χ1) is 14.1. The Hall–Kier alpha value is -0.720. The van der Waals surface area contributed by atoms with Crippen molar-refractivity contribution < 1.29 is 0 Å². The first-order valence-electron chi connectivity index (χ1n) is 12.0. The number of nitrogens with zero attached hydrogens (tertiary/aromatic N) is 2. The molecule has 2 atom stereocenters. The summed E-state index contributed by atoms with van der Waals surface area (Å²) in [6.45, 7) is 25.7. The van der Waals surface area contributed by atoms with Crippen LogP contribution < -0.4 is 16.4 Å². The molecule has 0 aliphatic rings. The molecule has 5 nitrogen and oxygen atoms in total. The smallest absolute Gasteiger partial charge is 0.0700 e. The molecule has 0 heterocycles. The van der Waals surface area contributed by atoms with Gasteiger partial charge in [0.2, 0.25) is 0 Å². The molecule has 178 valence electrons. The first kappa shape index (κ1) is 29.3. The molecule has 0 spiro atoms. The second kappa shape index (κ2) is 16.9. The third kappa shape index (κ3) is 12.9. The van der Waals surface area contributed by atoms with Gasteiger partial charge in [-0.15, -0.1) is 0 Å². The summed E-state index contributed by atoms with van der Waals surface area (Å²) < 4.78 is 0. The lowest BCUT2D eigenvalue weighted by Gasteiger charge is -2.36. The lowest BCUT2D eigenvalue weighted by molar-refractivity contribution is 0.117. The van der Waals surface area contributed by atoms with Crippen LogP contribution in [-0.2, 0) is 0 Å². The number of hydrogen-bond acceptors (Lipinski definition) is 5. The van der Waals surface area contributed by atoms with Crippen LogP contribution in [0.15, 0.2) is 24.3 Å². The highest BCUT2D eigenvalue weighted by Crippen LogP contribution is 2.16. The topological polar surface area (TPSA) is 56.6 Å². The standard InChI is InChI=1S/C25H53N5/c1-20(2)22(5)12-10-15-29(17-14-27-8)24(7)19-30(25(26)18-28-9)16-11-13-23(6)21(3)4/h20-21,24-25,27-28H,5-6,10-19,26H2,1-4,7-9H3. The van der Waals surface area contributed by atoms with Gasteiger partial charge in [0, 0.05) is 38.8 Å². The molecule has 0 aromatic rings. The van der Waals surface area contributed by atoms with Crippen LogP contribution >= 0.6 is 0 Å². The van der Waals surface area contributed by atoms with E-state index in [0.29, 0.717) is 17.9 Å². The highest BCUT2D eigenvalue weighted by molar-refractivity contribution is 4.98. The van der Waals surface area contributed by atoms with Gasteiger partial charge in [0.25, 0.3) is 0 Å². The van der Waals surface area contributed by atoms with Crippen molar-refractivity contribution >= 4 is 0 Å². The van der Waals surface area contributed by atoms with Crippen molar-refractivity contribution in [2.24, 2.45) is 17.6 Å². The van der Waals surface area contributed by atoms with Crippen molar-refractivity contribution in [1.29, 1.82) is 0 Å². The molecular weight excluding hydrogens is 370 g/mol. The van der Waals surface area contributed by atoms with E-state index in [1.807, 2.05) is 14.1 Å². The molecular formula is C25H53N5. The minimum Gasteiger partial charge on any atom is -0.318 e. The van der Waals surface area contributed by atoms with Crippen molar-refractivity contribution in [2.45, 2.75) is 72.5 Å². The minimum absolute atomic E-state index is 0.0386. The second-order valence-corrected chi connectivity index (χ2v) is 9.44. The van der Waals surface area contributed by atoms with Crippen LogP contribution in [-0.4, -0.2) is 75.4 Å². The fraction of sp³-hybridized carbons (Fsp3) is 0.840. The van der Waals surface area contributed by atoms with Crippen LogP contribution in [0.5, 0.6) is 0 Å². The van der Waals surface area contributed by atoms with E-state index in [9.17, 15) is 0 Å². The fourth-order valence-corrected chi connectivity index (χ4v) is 3.59. The number of nitrogens with one attached hydrogen (secondary N) is 2. The van der Waals surface area contributed by atoms with Gasteiger partial charge in [-0.3, -0.25) is 9.80 Å². The largest absolute Gasteiger partial charge is 0.318 e. The lowest BCUT2D eigenvalue weighted by atomic mass is 10.00. The third-order valence-electron chi connectivity index (χ3n) is 6.17. The number of hydrogen-bond donors (Lipinski definition) is 3. The van der Waals surface area contributed by atoms with E-state index >= 15 is 0 Å². The molecule has 0 aromatic heterocycles. The van der Waals surface area contributed by atoms with Crippen molar-refractivity contribution in [1.82, 2.24) is 20.4 Å². The molecule has 0 aliphatic heterocycles. The number of nitrogens with two attached hydrogens (primary N) is 1. The molecule has 0 rings (SSSR count). The quantitative estimate of drug-likeness (QED) is 0.218. The predicted octanol–water partition coefficient (Wildman–Crippen LogP) is 3.69. The van der Waals surface area contributed by atoms with E-state index in [1.54, 1.807) is 0 Å². The molecule has 0 fully saturated rings. The van der Waals surface area contributed by atoms with Gasteiger partial charge >= 0.3 is 0 Å². The van der Waals surface area contributed by atoms with Gasteiger partial charge in [0.1, 0.15) is 0 Å². The van der Waals surface area contributed by atoms with Crippen LogP contribution in [0.1, 0.15) is 60.3 Å². The molecule has 0 amide bonds. The van der Waals surface area contributed by atoms with Crippen molar-refractivity contribution in [3.05, 3.63) is 24.3 Å². The first-order valence-corrected chi connectivity index (χ1v) is 12.0. The Morgan fingerprint density at radius 3 is 1.73 bits per heavy atom. The van der Waals surface area contributed by atoms with E-state index in [2.05, 4.69) is 68.2 Å². The van der Waals surface area contributed by atoms with Crippen LogP contribution in [0.2, 0.25) is 0 Å². The number of likely N-dealkylation sites (N-methyl/N-ethyl adjacent to an activating group) is 2. The van der Waals surface area contributed by atoms with E-state index in [-0.39, 0.29) is 6.17 Å². The Bertz CT molecular complexity index is 460. The maximum Gasteiger partial charge on any atom is 0.0700 e. The Morgan fingerprint density at radius 1 is 0.800 bits per heavy atom. The summed E-state index contributed by atoms with van der Waals surface area (Å²) >= 11 is 0. The summed E-state index contributed by atoms with van der Waals surface area (Å²) in [5, 5.41) is 6.55. The van der Waals surface area contributed by atoms with Gasteiger partial charge in [0.05, 0.1) is 6.17 Å². The van der Waals surface area contributed by atoms with Crippen LogP contribution in [0.25, 0.3) is 0 Å². The van der Waals surface area contributed by atoms with Gasteiger partial charge in [-0.25, -0.2) is 0 Å². The Balaban J connectivity index is 4.90. The maximum absolute atomic E-state index is 6.53. The fourth-order valence-electron chi connectivity index (χ4n) is 3.59. The second-order valence-electron chi connectivity index (χ2n) is 9.44. The summed E-state index contributed by atoms with van der Waals surface area (Å²) in [6, 6.07) is 0.460. The van der Waals surface area contributed by atoms with Crippen molar-refractivity contribution in [3.8, 4) is 0 Å². The van der Waals surface area contributed by atoms with E-state index in [0.717, 1.165) is 58.5 Å². The molecule has 0 aromatic carbocycles. The maximum atomic E-state index is 6.53. The molecule has 0 aliphatic carbocycles. The zero-order valence-corrected chi connectivity index (χ0v) is 21.3. The van der Waals surface area contributed by atoms with Gasteiger partial charge in [0.15, 0.2) is 0 Å². The Labute approximate surface area is 188 Å². The molecule has 30 heavy (non-hydrogen) atoms. The third-order valence-corrected chi connectivity index (χ3v) is 6.17. The van der Waals surface area contributed by atoms with Crippen molar-refractivity contribution in [3.63, 3.8) is 0 Å². The Morgan fingerprint density at radius 2 is 1.30 bits per heavy atom. The number of allylic oxidation sites excluding steroid dienone is 2. The Kier molecular flexibility index (Phi) is 16.5. The average molecular weight is 424 g/mol. The zero-order valence-electron chi connectivity index (χ0n) is 21.3. The van der Waals surface area contributed by atoms with E-state index in [4.69, 9.17) is 5.73 Å². The summed E-state index contributed by atoms with van der Waals surface area (Å²) in [5.41, 5.74) is 9.22. The van der Waals surface area contributed by atoms with E-state index in [1.165, 1.54) is 17.6 Å². The average Bonchev–Trinajstić information content (AvgIpc) is 2.69. The number of rotatable bonds is 19. The van der Waals surface area contributed by atoms with E-state index < -0.39 is 0 Å².